The van der Waals surface area contributed by atoms with Gasteiger partial charge in [-0.3, -0.25) is 4.79 Å². The Kier molecular flexibility index (Phi) is 6.73. The van der Waals surface area contributed by atoms with Gasteiger partial charge in [0.25, 0.3) is 0 Å². The van der Waals surface area contributed by atoms with E-state index in [1.165, 1.54) is 11.8 Å². The number of carbonyl (C=O) groups is 1. The average molecular weight is 452 g/mol. The highest BCUT2D eigenvalue weighted by Crippen LogP contribution is 2.26. The highest BCUT2D eigenvalue weighted by atomic mass is 32.2. The normalized spacial score (nSPS) is 10.9. The van der Waals surface area contributed by atoms with E-state index in [1.807, 2.05) is 67.1 Å². The van der Waals surface area contributed by atoms with Crippen molar-refractivity contribution in [2.75, 3.05) is 11.1 Å². The van der Waals surface area contributed by atoms with Gasteiger partial charge in [0.05, 0.1) is 22.6 Å². The summed E-state index contributed by atoms with van der Waals surface area (Å²) in [5, 5.41) is 13.0. The van der Waals surface area contributed by atoms with Crippen LogP contribution in [0.3, 0.4) is 0 Å². The standard InChI is InChI=1S/C22H21N5O2S2/c1-15-18(9-11-29-15)21-25-26-22(27(21)2)31-14-19(28)24-17-7-5-6-16(12-17)13-30-20-8-3-4-10-23-20/h3-12H,13-14H2,1-2H3,(H,24,28). The van der Waals surface area contributed by atoms with Crippen LogP contribution in [0, 0.1) is 6.92 Å². The zero-order chi connectivity index (χ0) is 21.6. The lowest BCUT2D eigenvalue weighted by atomic mass is 10.2. The van der Waals surface area contributed by atoms with E-state index < -0.39 is 0 Å². The fourth-order valence-electron chi connectivity index (χ4n) is 2.95. The van der Waals surface area contributed by atoms with Crippen LogP contribution in [0.2, 0.25) is 0 Å². The largest absolute Gasteiger partial charge is 0.469 e. The molecule has 0 atom stereocenters. The van der Waals surface area contributed by atoms with Crippen LogP contribution < -0.4 is 5.32 Å². The molecule has 0 saturated heterocycles. The summed E-state index contributed by atoms with van der Waals surface area (Å²) < 4.78 is 7.21. The summed E-state index contributed by atoms with van der Waals surface area (Å²) in [7, 11) is 1.88. The van der Waals surface area contributed by atoms with Gasteiger partial charge in [-0.2, -0.15) is 0 Å². The van der Waals surface area contributed by atoms with Gasteiger partial charge >= 0.3 is 0 Å². The van der Waals surface area contributed by atoms with Crippen LogP contribution in [-0.4, -0.2) is 31.4 Å². The Morgan fingerprint density at radius 2 is 2.03 bits per heavy atom. The number of benzene rings is 1. The van der Waals surface area contributed by atoms with Crippen molar-refractivity contribution in [3.05, 3.63) is 72.3 Å². The molecule has 0 saturated carbocycles. The van der Waals surface area contributed by atoms with E-state index in [0.29, 0.717) is 11.0 Å². The summed E-state index contributed by atoms with van der Waals surface area (Å²) in [5.74, 6) is 2.43. The molecule has 0 bridgehead atoms. The van der Waals surface area contributed by atoms with Gasteiger partial charge in [-0.15, -0.1) is 22.0 Å². The number of nitrogens with zero attached hydrogens (tertiary/aromatic N) is 4. The van der Waals surface area contributed by atoms with E-state index in [2.05, 4.69) is 20.5 Å². The number of carbonyl (C=O) groups excluding carboxylic acids is 1. The van der Waals surface area contributed by atoms with Crippen molar-refractivity contribution in [3.63, 3.8) is 0 Å². The van der Waals surface area contributed by atoms with Crippen molar-refractivity contribution in [2.45, 2.75) is 22.9 Å². The van der Waals surface area contributed by atoms with Crippen molar-refractivity contribution in [1.29, 1.82) is 0 Å². The maximum absolute atomic E-state index is 12.5. The maximum atomic E-state index is 12.5. The van der Waals surface area contributed by atoms with Crippen molar-refractivity contribution < 1.29 is 9.21 Å². The number of hydrogen-bond donors (Lipinski definition) is 1. The maximum Gasteiger partial charge on any atom is 0.234 e. The molecular formula is C22H21N5O2S2. The molecule has 0 spiro atoms. The molecule has 3 heterocycles. The second kappa shape index (κ2) is 9.84. The lowest BCUT2D eigenvalue weighted by molar-refractivity contribution is -0.113. The third-order valence-corrected chi connectivity index (χ3v) is 6.54. The summed E-state index contributed by atoms with van der Waals surface area (Å²) in [6.45, 7) is 1.88. The van der Waals surface area contributed by atoms with Crippen LogP contribution >= 0.6 is 23.5 Å². The van der Waals surface area contributed by atoms with Gasteiger partial charge in [-0.05, 0) is 42.8 Å². The van der Waals surface area contributed by atoms with E-state index in [0.717, 1.165) is 33.4 Å². The first-order valence-corrected chi connectivity index (χ1v) is 11.6. The molecule has 0 aliphatic heterocycles. The van der Waals surface area contributed by atoms with Crippen molar-refractivity contribution in [1.82, 2.24) is 19.7 Å². The Morgan fingerprint density at radius 1 is 1.13 bits per heavy atom. The van der Waals surface area contributed by atoms with E-state index in [9.17, 15) is 4.79 Å². The number of hydrogen-bond acceptors (Lipinski definition) is 7. The predicted molar refractivity (Wildman–Crippen MR) is 123 cm³/mol. The zero-order valence-corrected chi connectivity index (χ0v) is 18.7. The second-order valence-electron chi connectivity index (χ2n) is 6.75. The molecule has 0 aliphatic rings. The first-order chi connectivity index (χ1) is 15.1. The van der Waals surface area contributed by atoms with Gasteiger partial charge in [0.1, 0.15) is 5.76 Å². The monoisotopic (exact) mass is 451 g/mol. The van der Waals surface area contributed by atoms with Gasteiger partial charge in [0.2, 0.25) is 5.91 Å². The fraction of sp³-hybridized carbons (Fsp3) is 0.182. The van der Waals surface area contributed by atoms with Crippen LogP contribution in [0.15, 0.2) is 75.6 Å². The molecule has 1 N–H and O–H groups in total. The van der Waals surface area contributed by atoms with Crippen molar-refractivity contribution in [2.24, 2.45) is 7.05 Å². The molecule has 158 valence electrons. The summed E-state index contributed by atoms with van der Waals surface area (Å²) in [5.41, 5.74) is 2.79. The predicted octanol–water partition coefficient (Wildman–Crippen LogP) is 4.80. The third-order valence-electron chi connectivity index (χ3n) is 4.50. The van der Waals surface area contributed by atoms with Gasteiger partial charge in [-0.25, -0.2) is 4.98 Å². The number of anilines is 1. The van der Waals surface area contributed by atoms with Gasteiger partial charge in [0.15, 0.2) is 11.0 Å². The molecule has 0 unspecified atom stereocenters. The smallest absolute Gasteiger partial charge is 0.234 e. The molecule has 31 heavy (non-hydrogen) atoms. The Balaban J connectivity index is 1.32. The number of aromatic nitrogens is 4. The zero-order valence-electron chi connectivity index (χ0n) is 17.1. The van der Waals surface area contributed by atoms with Crippen molar-refractivity contribution >= 4 is 35.1 Å². The first-order valence-electron chi connectivity index (χ1n) is 9.59. The number of aryl methyl sites for hydroxylation is 1. The van der Waals surface area contributed by atoms with Crippen LogP contribution in [0.25, 0.3) is 11.4 Å². The molecule has 9 heteroatoms. The molecule has 0 aliphatic carbocycles. The molecule has 3 aromatic heterocycles. The lowest BCUT2D eigenvalue weighted by Crippen LogP contribution is -2.14. The van der Waals surface area contributed by atoms with E-state index >= 15 is 0 Å². The van der Waals surface area contributed by atoms with Gasteiger partial charge in [0, 0.05) is 24.7 Å². The molecular weight excluding hydrogens is 430 g/mol. The van der Waals surface area contributed by atoms with Crippen LogP contribution in [0.1, 0.15) is 11.3 Å². The highest BCUT2D eigenvalue weighted by Gasteiger charge is 2.16. The summed E-state index contributed by atoms with van der Waals surface area (Å²) >= 11 is 3.00. The minimum atomic E-state index is -0.0939. The quantitative estimate of drug-likeness (QED) is 0.385. The number of thioether (sulfide) groups is 2. The van der Waals surface area contributed by atoms with Crippen LogP contribution in [0.4, 0.5) is 5.69 Å². The topological polar surface area (TPSA) is 85.8 Å². The summed E-state index contributed by atoms with van der Waals surface area (Å²) in [4.78, 5) is 16.8. The number of pyridine rings is 1. The van der Waals surface area contributed by atoms with E-state index in [-0.39, 0.29) is 11.7 Å². The molecule has 1 aromatic carbocycles. The minimum Gasteiger partial charge on any atom is -0.469 e. The van der Waals surface area contributed by atoms with E-state index in [1.54, 1.807) is 24.2 Å². The minimum absolute atomic E-state index is 0.0939. The van der Waals surface area contributed by atoms with Crippen LogP contribution in [0.5, 0.6) is 0 Å². The summed E-state index contributed by atoms with van der Waals surface area (Å²) in [6.07, 6.45) is 3.41. The van der Waals surface area contributed by atoms with Gasteiger partial charge in [-0.1, -0.05) is 30.0 Å². The Morgan fingerprint density at radius 3 is 2.81 bits per heavy atom. The van der Waals surface area contributed by atoms with Crippen molar-refractivity contribution in [3.8, 4) is 11.4 Å². The third kappa shape index (κ3) is 5.36. The average Bonchev–Trinajstić information content (AvgIpc) is 3.36. The SMILES string of the molecule is Cc1occc1-c1nnc(SCC(=O)Nc2cccc(CSc3ccccn3)c2)n1C. The number of nitrogens with one attached hydrogen (secondary N) is 1. The molecule has 4 rings (SSSR count). The first kappa shape index (κ1) is 21.2. The fourth-order valence-corrected chi connectivity index (χ4v) is 4.46. The number of amides is 1. The molecule has 0 radical (unpaired) electrons. The second-order valence-corrected chi connectivity index (χ2v) is 8.69. The Hall–Kier alpha value is -3.04. The Labute approximate surface area is 188 Å². The van der Waals surface area contributed by atoms with Gasteiger partial charge < -0.3 is 14.3 Å². The van der Waals surface area contributed by atoms with E-state index in [4.69, 9.17) is 4.42 Å². The molecule has 1 amide bonds. The summed E-state index contributed by atoms with van der Waals surface area (Å²) in [6, 6.07) is 15.6. The molecule has 7 nitrogen and oxygen atoms in total. The Bertz CT molecular complexity index is 1170. The van der Waals surface area contributed by atoms with Crippen LogP contribution in [-0.2, 0) is 17.6 Å². The molecule has 4 aromatic rings. The highest BCUT2D eigenvalue weighted by molar-refractivity contribution is 7.99. The molecule has 0 fully saturated rings. The lowest BCUT2D eigenvalue weighted by Gasteiger charge is -2.08. The number of furan rings is 1. The number of rotatable bonds is 8.